The molecule has 0 atom stereocenters. The first-order valence-corrected chi connectivity index (χ1v) is 9.42. The van der Waals surface area contributed by atoms with Crippen LogP contribution in [0.4, 0.5) is 15.8 Å². The van der Waals surface area contributed by atoms with Crippen LogP contribution < -0.4 is 15.0 Å². The number of rotatable bonds is 5. The maximum atomic E-state index is 13.7. The van der Waals surface area contributed by atoms with Crippen molar-refractivity contribution in [2.45, 2.75) is 0 Å². The van der Waals surface area contributed by atoms with E-state index in [9.17, 15) is 14.0 Å². The average Bonchev–Trinajstić information content (AvgIpc) is 2.98. The molecule has 3 aromatic rings. The van der Waals surface area contributed by atoms with Gasteiger partial charge in [-0.25, -0.2) is 9.29 Å². The van der Waals surface area contributed by atoms with Gasteiger partial charge in [0.05, 0.1) is 18.4 Å². The summed E-state index contributed by atoms with van der Waals surface area (Å²) < 4.78 is 19.0. The van der Waals surface area contributed by atoms with Crippen LogP contribution in [0.1, 0.15) is 5.56 Å². The minimum absolute atomic E-state index is 0.0406. The summed E-state index contributed by atoms with van der Waals surface area (Å²) >= 11 is 5.98. The van der Waals surface area contributed by atoms with E-state index >= 15 is 0 Å². The number of halogens is 2. The predicted molar refractivity (Wildman–Crippen MR) is 114 cm³/mol. The maximum absolute atomic E-state index is 13.7. The Morgan fingerprint density at radius 1 is 0.933 bits per heavy atom. The number of imide groups is 1. The van der Waals surface area contributed by atoms with E-state index in [4.69, 9.17) is 16.3 Å². The fourth-order valence-electron chi connectivity index (χ4n) is 3.27. The van der Waals surface area contributed by atoms with Crippen molar-refractivity contribution in [3.63, 3.8) is 0 Å². The number of hydrogen-bond donors (Lipinski definition) is 1. The number of ether oxygens (including phenoxy) is 1. The van der Waals surface area contributed by atoms with Crippen LogP contribution >= 0.6 is 11.6 Å². The van der Waals surface area contributed by atoms with E-state index in [0.717, 1.165) is 4.90 Å². The van der Waals surface area contributed by atoms with Crippen molar-refractivity contribution >= 4 is 40.4 Å². The van der Waals surface area contributed by atoms with Gasteiger partial charge in [-0.3, -0.25) is 9.59 Å². The lowest BCUT2D eigenvalue weighted by Crippen LogP contribution is -2.32. The highest BCUT2D eigenvalue weighted by atomic mass is 35.5. The number of para-hydroxylation sites is 2. The zero-order chi connectivity index (χ0) is 21.3. The molecule has 7 heteroatoms. The van der Waals surface area contributed by atoms with Gasteiger partial charge in [0.25, 0.3) is 11.8 Å². The molecule has 4 rings (SSSR count). The topological polar surface area (TPSA) is 58.6 Å². The Hall–Kier alpha value is -3.64. The fourth-order valence-corrected chi connectivity index (χ4v) is 3.40. The molecule has 0 spiro atoms. The Morgan fingerprint density at radius 3 is 2.37 bits per heavy atom. The second kappa shape index (κ2) is 8.00. The number of carbonyl (C=O) groups is 2. The van der Waals surface area contributed by atoms with Crippen LogP contribution in [0.5, 0.6) is 5.75 Å². The average molecular weight is 423 g/mol. The SMILES string of the molecule is COc1ccccc1N1C(=O)C(Nc2cccc(F)c2)=C(c2ccc(Cl)cc2)C1=O. The van der Waals surface area contributed by atoms with E-state index in [0.29, 0.717) is 27.7 Å². The molecular formula is C23H16ClFN2O3. The molecule has 30 heavy (non-hydrogen) atoms. The van der Waals surface area contributed by atoms with Crippen molar-refractivity contribution in [3.05, 3.63) is 94.9 Å². The maximum Gasteiger partial charge on any atom is 0.282 e. The molecule has 5 nitrogen and oxygen atoms in total. The van der Waals surface area contributed by atoms with Crippen molar-refractivity contribution in [2.75, 3.05) is 17.3 Å². The minimum Gasteiger partial charge on any atom is -0.495 e. The van der Waals surface area contributed by atoms with E-state index in [1.54, 1.807) is 54.6 Å². The zero-order valence-corrected chi connectivity index (χ0v) is 16.6. The van der Waals surface area contributed by atoms with Crippen LogP contribution in [0.25, 0.3) is 5.57 Å². The Labute approximate surface area is 177 Å². The first-order chi connectivity index (χ1) is 14.5. The van der Waals surface area contributed by atoms with Crippen molar-refractivity contribution in [1.82, 2.24) is 0 Å². The normalized spacial score (nSPS) is 13.8. The summed E-state index contributed by atoms with van der Waals surface area (Å²) in [5.74, 6) is -1.18. The third-order valence-electron chi connectivity index (χ3n) is 4.64. The first-order valence-electron chi connectivity index (χ1n) is 9.04. The highest BCUT2D eigenvalue weighted by Crippen LogP contribution is 2.37. The number of anilines is 2. The third-order valence-corrected chi connectivity index (χ3v) is 4.89. The van der Waals surface area contributed by atoms with Gasteiger partial charge in [-0.2, -0.15) is 0 Å². The Bertz CT molecular complexity index is 1180. The van der Waals surface area contributed by atoms with Crippen molar-refractivity contribution in [2.24, 2.45) is 0 Å². The van der Waals surface area contributed by atoms with Gasteiger partial charge in [-0.15, -0.1) is 0 Å². The highest BCUT2D eigenvalue weighted by molar-refractivity contribution is 6.46. The van der Waals surface area contributed by atoms with Crippen molar-refractivity contribution in [1.29, 1.82) is 0 Å². The lowest BCUT2D eigenvalue weighted by Gasteiger charge is -2.18. The summed E-state index contributed by atoms with van der Waals surface area (Å²) in [4.78, 5) is 27.8. The number of amides is 2. The number of nitrogens with zero attached hydrogens (tertiary/aromatic N) is 1. The molecule has 1 aliphatic rings. The van der Waals surface area contributed by atoms with Crippen LogP contribution in [-0.4, -0.2) is 18.9 Å². The third kappa shape index (κ3) is 3.53. The van der Waals surface area contributed by atoms with Crippen LogP contribution in [-0.2, 0) is 9.59 Å². The monoisotopic (exact) mass is 422 g/mol. The summed E-state index contributed by atoms with van der Waals surface area (Å²) in [6.07, 6.45) is 0. The van der Waals surface area contributed by atoms with Crippen LogP contribution in [0.15, 0.2) is 78.5 Å². The largest absolute Gasteiger partial charge is 0.495 e. The number of carbonyl (C=O) groups excluding carboxylic acids is 2. The minimum atomic E-state index is -0.571. The van der Waals surface area contributed by atoms with E-state index in [-0.39, 0.29) is 11.3 Å². The van der Waals surface area contributed by atoms with Gasteiger partial charge in [-0.05, 0) is 48.0 Å². The molecule has 0 fully saturated rings. The summed E-state index contributed by atoms with van der Waals surface area (Å²) in [5.41, 5.74) is 1.37. The molecule has 0 aliphatic carbocycles. The number of nitrogens with one attached hydrogen (secondary N) is 1. The molecule has 0 saturated carbocycles. The molecule has 0 radical (unpaired) electrons. The molecule has 3 aromatic carbocycles. The first kappa shape index (κ1) is 19.7. The van der Waals surface area contributed by atoms with E-state index in [2.05, 4.69) is 5.32 Å². The Balaban J connectivity index is 1.85. The van der Waals surface area contributed by atoms with Gasteiger partial charge in [0, 0.05) is 10.7 Å². The zero-order valence-electron chi connectivity index (χ0n) is 15.9. The second-order valence-corrected chi connectivity index (χ2v) is 6.95. The van der Waals surface area contributed by atoms with Gasteiger partial charge >= 0.3 is 0 Å². The standard InChI is InChI=1S/C23H16ClFN2O3/c1-30-19-8-3-2-7-18(19)27-22(28)20(14-9-11-15(24)12-10-14)21(23(27)29)26-17-6-4-5-16(25)13-17/h2-13,26H,1H3. The van der Waals surface area contributed by atoms with Crippen molar-refractivity contribution in [3.8, 4) is 5.75 Å². The lowest BCUT2D eigenvalue weighted by molar-refractivity contribution is -0.120. The number of benzene rings is 3. The van der Waals surface area contributed by atoms with Crippen molar-refractivity contribution < 1.29 is 18.7 Å². The molecular weight excluding hydrogens is 407 g/mol. The predicted octanol–water partition coefficient (Wildman–Crippen LogP) is 4.88. The van der Waals surface area contributed by atoms with Gasteiger partial charge in [0.2, 0.25) is 0 Å². The smallest absolute Gasteiger partial charge is 0.282 e. The fraction of sp³-hybridized carbons (Fsp3) is 0.0435. The second-order valence-electron chi connectivity index (χ2n) is 6.51. The van der Waals surface area contributed by atoms with Crippen LogP contribution in [0.3, 0.4) is 0 Å². The summed E-state index contributed by atoms with van der Waals surface area (Å²) in [5, 5.41) is 3.41. The molecule has 1 heterocycles. The highest BCUT2D eigenvalue weighted by Gasteiger charge is 2.41. The van der Waals surface area contributed by atoms with Gasteiger partial charge < -0.3 is 10.1 Å². The van der Waals surface area contributed by atoms with E-state index in [1.807, 2.05) is 0 Å². The molecule has 0 saturated heterocycles. The van der Waals surface area contributed by atoms with E-state index < -0.39 is 17.6 Å². The van der Waals surface area contributed by atoms with E-state index in [1.165, 1.54) is 25.3 Å². The summed E-state index contributed by atoms with van der Waals surface area (Å²) in [6.45, 7) is 0. The molecule has 0 unspecified atom stereocenters. The summed E-state index contributed by atoms with van der Waals surface area (Å²) in [7, 11) is 1.46. The van der Waals surface area contributed by atoms with Crippen LogP contribution in [0.2, 0.25) is 5.02 Å². The molecule has 0 aromatic heterocycles. The Morgan fingerprint density at radius 2 is 1.67 bits per heavy atom. The van der Waals surface area contributed by atoms with Gasteiger partial charge in [0.15, 0.2) is 0 Å². The molecule has 1 N–H and O–H groups in total. The Kier molecular flexibility index (Phi) is 5.25. The van der Waals surface area contributed by atoms with Gasteiger partial charge in [-0.1, -0.05) is 41.9 Å². The molecule has 1 aliphatic heterocycles. The number of hydrogen-bond acceptors (Lipinski definition) is 4. The molecule has 2 amide bonds. The lowest BCUT2D eigenvalue weighted by atomic mass is 10.0. The summed E-state index contributed by atoms with van der Waals surface area (Å²) in [6, 6.07) is 19.0. The number of methoxy groups -OCH3 is 1. The van der Waals surface area contributed by atoms with Gasteiger partial charge in [0.1, 0.15) is 17.3 Å². The molecule has 0 bridgehead atoms. The quantitative estimate of drug-likeness (QED) is 0.595. The van der Waals surface area contributed by atoms with Crippen LogP contribution in [0, 0.1) is 5.82 Å². The molecule has 150 valence electrons.